The Balaban J connectivity index is 1.70. The smallest absolute Gasteiger partial charge is 0.110 e. The standard InChI is InChI=1S/C28H34O3/c1-5-21-13-9-11-15-23(21)17-27(7-3,25-19-29-25)31-28(8-4,26-20-30-26)18-24-16-12-10-14-22(24)6-2/h5-6,9-16,25-26H,1-2,7-8,17-20H2,3-4H3. The Hall–Kier alpha value is -2.20. The summed E-state index contributed by atoms with van der Waals surface area (Å²) in [7, 11) is 0. The minimum absolute atomic E-state index is 0.106. The van der Waals surface area contributed by atoms with Crippen molar-refractivity contribution >= 4 is 12.2 Å². The highest BCUT2D eigenvalue weighted by Crippen LogP contribution is 2.45. The van der Waals surface area contributed by atoms with Crippen LogP contribution < -0.4 is 0 Å². The second-order valence-corrected chi connectivity index (χ2v) is 8.74. The molecule has 2 aromatic rings. The van der Waals surface area contributed by atoms with Gasteiger partial charge in [0.25, 0.3) is 0 Å². The van der Waals surface area contributed by atoms with Gasteiger partial charge in [0.2, 0.25) is 0 Å². The highest BCUT2D eigenvalue weighted by Gasteiger charge is 2.56. The van der Waals surface area contributed by atoms with Crippen molar-refractivity contribution in [3.8, 4) is 0 Å². The lowest BCUT2D eigenvalue weighted by atomic mass is 9.82. The number of epoxide rings is 2. The van der Waals surface area contributed by atoms with E-state index in [4.69, 9.17) is 14.2 Å². The number of benzene rings is 2. The van der Waals surface area contributed by atoms with Crippen LogP contribution in [0, 0.1) is 0 Å². The van der Waals surface area contributed by atoms with E-state index in [2.05, 4.69) is 75.5 Å². The minimum atomic E-state index is -0.399. The van der Waals surface area contributed by atoms with Crippen molar-refractivity contribution in [2.75, 3.05) is 13.2 Å². The summed E-state index contributed by atoms with van der Waals surface area (Å²) >= 11 is 0. The van der Waals surface area contributed by atoms with Crippen LogP contribution in [-0.2, 0) is 27.1 Å². The maximum atomic E-state index is 7.26. The first-order valence-corrected chi connectivity index (χ1v) is 11.4. The molecule has 4 rings (SSSR count). The third-order valence-electron chi connectivity index (χ3n) is 6.97. The zero-order chi connectivity index (χ0) is 21.9. The normalized spacial score (nSPS) is 23.4. The maximum absolute atomic E-state index is 7.26. The molecule has 0 amide bonds. The van der Waals surface area contributed by atoms with Gasteiger partial charge < -0.3 is 14.2 Å². The maximum Gasteiger partial charge on any atom is 0.110 e. The molecule has 2 saturated heterocycles. The van der Waals surface area contributed by atoms with E-state index >= 15 is 0 Å². The molecule has 2 heterocycles. The molecule has 164 valence electrons. The van der Waals surface area contributed by atoms with Crippen molar-refractivity contribution in [2.24, 2.45) is 0 Å². The number of hydrogen-bond acceptors (Lipinski definition) is 3. The van der Waals surface area contributed by atoms with E-state index in [0.717, 1.165) is 50.0 Å². The highest BCUT2D eigenvalue weighted by molar-refractivity contribution is 5.53. The van der Waals surface area contributed by atoms with E-state index in [0.29, 0.717) is 0 Å². The van der Waals surface area contributed by atoms with Gasteiger partial charge in [-0.1, -0.05) is 87.7 Å². The molecule has 4 unspecified atom stereocenters. The monoisotopic (exact) mass is 418 g/mol. The molecule has 0 N–H and O–H groups in total. The van der Waals surface area contributed by atoms with E-state index in [9.17, 15) is 0 Å². The first-order chi connectivity index (χ1) is 15.1. The summed E-state index contributed by atoms with van der Waals surface area (Å²) in [5.74, 6) is 0. The molecule has 0 saturated carbocycles. The molecular weight excluding hydrogens is 384 g/mol. The second kappa shape index (κ2) is 9.12. The zero-order valence-corrected chi connectivity index (χ0v) is 18.8. The van der Waals surface area contributed by atoms with Crippen molar-refractivity contribution in [1.82, 2.24) is 0 Å². The molecule has 0 radical (unpaired) electrons. The quantitative estimate of drug-likeness (QED) is 0.404. The van der Waals surface area contributed by atoms with Gasteiger partial charge in [-0.2, -0.15) is 0 Å². The summed E-state index contributed by atoms with van der Waals surface area (Å²) in [6.45, 7) is 13.9. The summed E-state index contributed by atoms with van der Waals surface area (Å²) < 4.78 is 19.0. The highest BCUT2D eigenvalue weighted by atomic mass is 16.6. The van der Waals surface area contributed by atoms with Gasteiger partial charge >= 0.3 is 0 Å². The zero-order valence-electron chi connectivity index (χ0n) is 18.8. The Morgan fingerprint density at radius 2 is 1.19 bits per heavy atom. The van der Waals surface area contributed by atoms with Crippen molar-refractivity contribution in [2.45, 2.75) is 62.9 Å². The van der Waals surface area contributed by atoms with Crippen LogP contribution in [0.5, 0.6) is 0 Å². The third kappa shape index (κ3) is 4.55. The van der Waals surface area contributed by atoms with Crippen LogP contribution in [0.15, 0.2) is 61.7 Å². The summed E-state index contributed by atoms with van der Waals surface area (Å²) in [4.78, 5) is 0. The summed E-state index contributed by atoms with van der Waals surface area (Å²) in [6, 6.07) is 16.9. The number of hydrogen-bond donors (Lipinski definition) is 0. The first kappa shape index (κ1) is 22.0. The van der Waals surface area contributed by atoms with Gasteiger partial charge in [0.05, 0.1) is 13.2 Å². The average molecular weight is 419 g/mol. The Morgan fingerprint density at radius 3 is 1.52 bits per heavy atom. The molecule has 31 heavy (non-hydrogen) atoms. The van der Waals surface area contributed by atoms with Crippen LogP contribution in [0.1, 0.15) is 48.9 Å². The minimum Gasteiger partial charge on any atom is -0.370 e. The lowest BCUT2D eigenvalue weighted by molar-refractivity contribution is -0.179. The van der Waals surface area contributed by atoms with Crippen LogP contribution in [0.4, 0.5) is 0 Å². The van der Waals surface area contributed by atoms with Gasteiger partial charge in [-0.25, -0.2) is 0 Å². The predicted molar refractivity (Wildman–Crippen MR) is 127 cm³/mol. The van der Waals surface area contributed by atoms with Crippen LogP contribution >= 0.6 is 0 Å². The molecule has 0 bridgehead atoms. The Kier molecular flexibility index (Phi) is 6.47. The molecule has 2 aromatic carbocycles. The van der Waals surface area contributed by atoms with Gasteiger partial charge in [0, 0.05) is 12.8 Å². The topological polar surface area (TPSA) is 34.3 Å². The molecule has 2 aliphatic heterocycles. The SMILES string of the molecule is C=Cc1ccccc1CC(CC)(OC(CC)(Cc1ccccc1C=C)C1CO1)C1CO1. The average Bonchev–Trinajstić information content (AvgIpc) is 3.71. The van der Waals surface area contributed by atoms with E-state index in [1.807, 2.05) is 12.2 Å². The summed E-state index contributed by atoms with van der Waals surface area (Å²) in [5, 5.41) is 0. The number of rotatable bonds is 12. The fourth-order valence-corrected chi connectivity index (χ4v) is 4.82. The van der Waals surface area contributed by atoms with Crippen LogP contribution in [-0.4, -0.2) is 36.6 Å². The molecular formula is C28H34O3. The van der Waals surface area contributed by atoms with Gasteiger partial charge in [0.1, 0.15) is 23.4 Å². The number of ether oxygens (including phenoxy) is 3. The molecule has 0 spiro atoms. The van der Waals surface area contributed by atoms with Crippen molar-refractivity contribution in [1.29, 1.82) is 0 Å². The summed E-state index contributed by atoms with van der Waals surface area (Å²) in [5.41, 5.74) is 4.03. The fourth-order valence-electron chi connectivity index (χ4n) is 4.82. The second-order valence-electron chi connectivity index (χ2n) is 8.74. The van der Waals surface area contributed by atoms with Crippen molar-refractivity contribution in [3.05, 3.63) is 83.9 Å². The third-order valence-corrected chi connectivity index (χ3v) is 6.97. The van der Waals surface area contributed by atoms with Gasteiger partial charge in [-0.15, -0.1) is 0 Å². The van der Waals surface area contributed by atoms with Crippen LogP contribution in [0.25, 0.3) is 12.2 Å². The molecule has 2 aliphatic rings. The lowest BCUT2D eigenvalue weighted by Crippen LogP contribution is -2.53. The molecule has 4 atom stereocenters. The molecule has 3 nitrogen and oxygen atoms in total. The Bertz CT molecular complexity index is 852. The van der Waals surface area contributed by atoms with Gasteiger partial charge in [0.15, 0.2) is 0 Å². The van der Waals surface area contributed by atoms with E-state index in [1.54, 1.807) is 0 Å². The fraction of sp³-hybridized carbons (Fsp3) is 0.429. The lowest BCUT2D eigenvalue weighted by Gasteiger charge is -2.43. The van der Waals surface area contributed by atoms with E-state index in [1.165, 1.54) is 11.1 Å². The van der Waals surface area contributed by atoms with Crippen LogP contribution in [0.2, 0.25) is 0 Å². The predicted octanol–water partition coefficient (Wildman–Crippen LogP) is 5.87. The molecule has 0 aliphatic carbocycles. The van der Waals surface area contributed by atoms with Gasteiger partial charge in [-0.05, 0) is 35.1 Å². The van der Waals surface area contributed by atoms with Crippen LogP contribution in [0.3, 0.4) is 0 Å². The van der Waals surface area contributed by atoms with E-state index in [-0.39, 0.29) is 12.2 Å². The molecule has 2 fully saturated rings. The first-order valence-electron chi connectivity index (χ1n) is 11.4. The van der Waals surface area contributed by atoms with Crippen molar-refractivity contribution < 1.29 is 14.2 Å². The molecule has 0 aromatic heterocycles. The summed E-state index contributed by atoms with van der Waals surface area (Å²) in [6.07, 6.45) is 7.43. The largest absolute Gasteiger partial charge is 0.370 e. The van der Waals surface area contributed by atoms with E-state index < -0.39 is 11.2 Å². The van der Waals surface area contributed by atoms with Crippen molar-refractivity contribution in [3.63, 3.8) is 0 Å². The Labute approximate surface area is 186 Å². The molecule has 3 heteroatoms. The Morgan fingerprint density at radius 1 is 0.806 bits per heavy atom. The van der Waals surface area contributed by atoms with Gasteiger partial charge in [-0.3, -0.25) is 0 Å².